The van der Waals surface area contributed by atoms with Gasteiger partial charge in [-0.2, -0.15) is 0 Å². The average Bonchev–Trinajstić information content (AvgIpc) is 2.22. The fourth-order valence-corrected chi connectivity index (χ4v) is 8.59. The standard InChI is InChI=1S/C14H30O2Si/c1-9-14(15)13(8)16-17(10(2)3,11(4)5)12(6)7/h9-15H,1H2,2-8H3/t13-,14-/m0/s1. The van der Waals surface area contributed by atoms with Gasteiger partial charge in [0.1, 0.15) is 0 Å². The number of aliphatic hydroxyl groups is 1. The summed E-state index contributed by atoms with van der Waals surface area (Å²) in [5, 5.41) is 9.81. The summed E-state index contributed by atoms with van der Waals surface area (Å²) < 4.78 is 6.39. The van der Waals surface area contributed by atoms with Crippen LogP contribution >= 0.6 is 0 Å². The summed E-state index contributed by atoms with van der Waals surface area (Å²) in [5.41, 5.74) is 1.63. The Bertz CT molecular complexity index is 215. The first-order chi connectivity index (χ1) is 7.70. The van der Waals surface area contributed by atoms with E-state index in [1.165, 1.54) is 0 Å². The van der Waals surface area contributed by atoms with Crippen LogP contribution in [0.4, 0.5) is 0 Å². The maximum absolute atomic E-state index is 9.81. The van der Waals surface area contributed by atoms with E-state index in [1.54, 1.807) is 6.08 Å². The van der Waals surface area contributed by atoms with Crippen LogP contribution in [-0.2, 0) is 4.43 Å². The van der Waals surface area contributed by atoms with Crippen molar-refractivity contribution in [2.24, 2.45) is 0 Å². The molecule has 102 valence electrons. The van der Waals surface area contributed by atoms with Gasteiger partial charge in [0.15, 0.2) is 0 Å². The Morgan fingerprint density at radius 1 is 0.941 bits per heavy atom. The van der Waals surface area contributed by atoms with Crippen LogP contribution in [0.25, 0.3) is 0 Å². The Morgan fingerprint density at radius 2 is 1.29 bits per heavy atom. The molecule has 0 spiro atoms. The SMILES string of the molecule is C=C[C@H](O)[C@H](C)O[Si](C(C)C)(C(C)C)C(C)C. The monoisotopic (exact) mass is 258 g/mol. The molecule has 2 atom stereocenters. The molecule has 3 heteroatoms. The molecule has 0 aromatic heterocycles. The van der Waals surface area contributed by atoms with Gasteiger partial charge in [-0.1, -0.05) is 47.6 Å². The minimum absolute atomic E-state index is 0.161. The molecule has 0 heterocycles. The van der Waals surface area contributed by atoms with Crippen LogP contribution in [0.2, 0.25) is 16.6 Å². The van der Waals surface area contributed by atoms with Crippen molar-refractivity contribution in [3.8, 4) is 0 Å². The second-order valence-corrected chi connectivity index (χ2v) is 11.3. The van der Waals surface area contributed by atoms with Gasteiger partial charge in [-0.05, 0) is 23.5 Å². The lowest BCUT2D eigenvalue weighted by Crippen LogP contribution is -2.51. The quantitative estimate of drug-likeness (QED) is 0.550. The number of rotatable bonds is 7. The first-order valence-electron chi connectivity index (χ1n) is 6.68. The van der Waals surface area contributed by atoms with Crippen LogP contribution in [-0.4, -0.2) is 25.6 Å². The van der Waals surface area contributed by atoms with Gasteiger partial charge >= 0.3 is 0 Å². The van der Waals surface area contributed by atoms with E-state index in [0.717, 1.165) is 0 Å². The Labute approximate surface area is 108 Å². The zero-order chi connectivity index (χ0) is 13.8. The number of hydrogen-bond acceptors (Lipinski definition) is 2. The molecule has 0 aromatic carbocycles. The van der Waals surface area contributed by atoms with Gasteiger partial charge in [-0.15, -0.1) is 6.58 Å². The highest BCUT2D eigenvalue weighted by Crippen LogP contribution is 2.43. The fraction of sp³-hybridized carbons (Fsp3) is 0.857. The second-order valence-electron chi connectivity index (χ2n) is 5.87. The summed E-state index contributed by atoms with van der Waals surface area (Å²) in [6, 6.07) is 0. The molecule has 0 radical (unpaired) electrons. The van der Waals surface area contributed by atoms with E-state index in [2.05, 4.69) is 48.1 Å². The molecule has 0 aliphatic rings. The lowest BCUT2D eigenvalue weighted by atomic mass is 10.2. The number of aliphatic hydroxyl groups excluding tert-OH is 1. The summed E-state index contributed by atoms with van der Waals surface area (Å²) >= 11 is 0. The van der Waals surface area contributed by atoms with Gasteiger partial charge in [-0.3, -0.25) is 0 Å². The molecule has 1 N–H and O–H groups in total. The van der Waals surface area contributed by atoms with E-state index in [9.17, 15) is 5.11 Å². The first kappa shape index (κ1) is 16.9. The van der Waals surface area contributed by atoms with Crippen LogP contribution in [0.1, 0.15) is 48.5 Å². The Morgan fingerprint density at radius 3 is 1.53 bits per heavy atom. The molecule has 0 bridgehead atoms. The van der Waals surface area contributed by atoms with Gasteiger partial charge < -0.3 is 9.53 Å². The smallest absolute Gasteiger partial charge is 0.200 e. The van der Waals surface area contributed by atoms with Gasteiger partial charge in [0.05, 0.1) is 12.2 Å². The molecule has 0 fully saturated rings. The van der Waals surface area contributed by atoms with Crippen molar-refractivity contribution in [2.45, 2.75) is 77.3 Å². The van der Waals surface area contributed by atoms with Crippen LogP contribution in [0.5, 0.6) is 0 Å². The summed E-state index contributed by atoms with van der Waals surface area (Å²) in [7, 11) is -1.88. The topological polar surface area (TPSA) is 29.5 Å². The van der Waals surface area contributed by atoms with Crippen molar-refractivity contribution in [2.75, 3.05) is 0 Å². The van der Waals surface area contributed by atoms with Crippen LogP contribution in [0.15, 0.2) is 12.7 Å². The van der Waals surface area contributed by atoms with Crippen molar-refractivity contribution in [1.82, 2.24) is 0 Å². The summed E-state index contributed by atoms with van der Waals surface area (Å²) in [6.07, 6.45) is 0.828. The third-order valence-electron chi connectivity index (χ3n) is 3.82. The molecule has 0 aromatic rings. The third kappa shape index (κ3) is 3.67. The molecule has 0 unspecified atom stereocenters. The van der Waals surface area contributed by atoms with Gasteiger partial charge in [0, 0.05) is 0 Å². The van der Waals surface area contributed by atoms with Gasteiger partial charge in [0.25, 0.3) is 0 Å². The van der Waals surface area contributed by atoms with Crippen LogP contribution in [0.3, 0.4) is 0 Å². The van der Waals surface area contributed by atoms with Gasteiger partial charge in [-0.25, -0.2) is 0 Å². The highest BCUT2D eigenvalue weighted by molar-refractivity contribution is 6.77. The highest BCUT2D eigenvalue weighted by atomic mass is 28.4. The maximum Gasteiger partial charge on any atom is 0.200 e. The maximum atomic E-state index is 9.81. The van der Waals surface area contributed by atoms with Crippen LogP contribution < -0.4 is 0 Å². The minimum Gasteiger partial charge on any atom is -0.410 e. The molecule has 0 amide bonds. The molecule has 0 aliphatic heterocycles. The molecular formula is C14H30O2Si. The Kier molecular flexibility index (Phi) is 6.67. The second kappa shape index (κ2) is 6.71. The van der Waals surface area contributed by atoms with Gasteiger partial charge in [0.2, 0.25) is 8.32 Å². The first-order valence-corrected chi connectivity index (χ1v) is 8.82. The molecular weight excluding hydrogens is 228 g/mol. The lowest BCUT2D eigenvalue weighted by Gasteiger charge is -2.44. The number of hydrogen-bond donors (Lipinski definition) is 1. The van der Waals surface area contributed by atoms with Crippen molar-refractivity contribution < 1.29 is 9.53 Å². The van der Waals surface area contributed by atoms with Crippen molar-refractivity contribution >= 4 is 8.32 Å². The van der Waals surface area contributed by atoms with E-state index in [0.29, 0.717) is 16.6 Å². The normalized spacial score (nSPS) is 16.6. The lowest BCUT2D eigenvalue weighted by molar-refractivity contribution is 0.0663. The summed E-state index contributed by atoms with van der Waals surface area (Å²) in [5.74, 6) is 0. The van der Waals surface area contributed by atoms with E-state index in [4.69, 9.17) is 4.43 Å². The molecule has 0 aliphatic carbocycles. The van der Waals surface area contributed by atoms with Crippen molar-refractivity contribution in [3.63, 3.8) is 0 Å². The molecule has 0 saturated heterocycles. The average molecular weight is 258 g/mol. The molecule has 0 rings (SSSR count). The van der Waals surface area contributed by atoms with Crippen LogP contribution in [0, 0.1) is 0 Å². The van der Waals surface area contributed by atoms with Crippen molar-refractivity contribution in [3.05, 3.63) is 12.7 Å². The molecule has 2 nitrogen and oxygen atoms in total. The predicted octanol–water partition coefficient (Wildman–Crippen LogP) is 4.11. The Balaban J connectivity index is 5.12. The summed E-state index contributed by atoms with van der Waals surface area (Å²) in [4.78, 5) is 0. The predicted molar refractivity (Wildman–Crippen MR) is 77.8 cm³/mol. The Hall–Kier alpha value is -0.123. The summed E-state index contributed by atoms with van der Waals surface area (Å²) in [6.45, 7) is 19.1. The fourth-order valence-electron chi connectivity index (χ4n) is 2.99. The largest absolute Gasteiger partial charge is 0.410 e. The highest BCUT2D eigenvalue weighted by Gasteiger charge is 2.46. The van der Waals surface area contributed by atoms with E-state index >= 15 is 0 Å². The third-order valence-corrected chi connectivity index (χ3v) is 10.0. The molecule has 0 saturated carbocycles. The van der Waals surface area contributed by atoms with Crippen molar-refractivity contribution in [1.29, 1.82) is 0 Å². The zero-order valence-electron chi connectivity index (χ0n) is 12.5. The minimum atomic E-state index is -1.88. The van der Waals surface area contributed by atoms with E-state index < -0.39 is 14.4 Å². The van der Waals surface area contributed by atoms with E-state index in [-0.39, 0.29) is 6.10 Å². The zero-order valence-corrected chi connectivity index (χ0v) is 13.5. The van der Waals surface area contributed by atoms with E-state index in [1.807, 2.05) is 6.92 Å². The molecule has 17 heavy (non-hydrogen) atoms.